The summed E-state index contributed by atoms with van der Waals surface area (Å²) >= 11 is 0. The lowest BCUT2D eigenvalue weighted by Gasteiger charge is -2.35. The molecule has 8 nitrogen and oxygen atoms in total. The summed E-state index contributed by atoms with van der Waals surface area (Å²) in [6, 6.07) is 22.4. The van der Waals surface area contributed by atoms with Crippen molar-refractivity contribution in [2.45, 2.75) is 38.1 Å². The van der Waals surface area contributed by atoms with Crippen molar-refractivity contribution in [3.63, 3.8) is 0 Å². The molecule has 8 heteroatoms. The predicted octanol–water partition coefficient (Wildman–Crippen LogP) is 4.04. The minimum Gasteiger partial charge on any atom is -0.480 e. The molecular formula is C29H27N3O5. The normalized spacial score (nSPS) is 15.6. The number of carboxylic acid groups (broad SMARTS) is 1. The number of carbonyl (C=O) groups excluding carboxylic acids is 2. The number of fused-ring (bicyclic) bond motifs is 2. The molecule has 2 atom stereocenters. The molecular weight excluding hydrogens is 470 g/mol. The Kier molecular flexibility index (Phi) is 6.89. The van der Waals surface area contributed by atoms with E-state index in [2.05, 4.69) is 10.3 Å². The molecule has 2 amide bonds. The molecule has 4 aromatic rings. The number of rotatable bonds is 7. The first-order valence-electron chi connectivity index (χ1n) is 12.1. The quantitative estimate of drug-likeness (QED) is 0.357. The summed E-state index contributed by atoms with van der Waals surface area (Å²) in [5.41, 5.74) is 4.38. The van der Waals surface area contributed by atoms with Crippen LogP contribution in [0.3, 0.4) is 0 Å². The Bertz CT molecular complexity index is 1430. The van der Waals surface area contributed by atoms with Crippen molar-refractivity contribution in [2.75, 3.05) is 0 Å². The zero-order chi connectivity index (χ0) is 25.8. The molecule has 5 rings (SSSR count). The van der Waals surface area contributed by atoms with E-state index in [1.807, 2.05) is 78.9 Å². The van der Waals surface area contributed by atoms with Gasteiger partial charge in [0.1, 0.15) is 18.7 Å². The van der Waals surface area contributed by atoms with Gasteiger partial charge in [-0.1, -0.05) is 72.8 Å². The number of aliphatic carboxylic acids is 1. The summed E-state index contributed by atoms with van der Waals surface area (Å²) in [5, 5.41) is 13.5. The number of nitrogens with one attached hydrogen (secondary N) is 2. The van der Waals surface area contributed by atoms with E-state index in [0.717, 1.165) is 33.2 Å². The standard InChI is InChI=1S/C29H27N3O5/c33-27(31-25(28(34)35)14-22-16-30-24-13-7-6-12-23(22)24)26-15-20-10-4-5-11-21(20)17-32(26)29(36)37-18-19-8-2-1-3-9-19/h1-13,16,25-26,30H,14-15,17-18H2,(H,31,33)(H,34,35)/t25-,26-/m0/s1. The number of aromatic amines is 1. The second kappa shape index (κ2) is 10.6. The lowest BCUT2D eigenvalue weighted by atomic mass is 9.93. The highest BCUT2D eigenvalue weighted by atomic mass is 16.6. The van der Waals surface area contributed by atoms with Gasteiger partial charge in [-0.25, -0.2) is 9.59 Å². The summed E-state index contributed by atoms with van der Waals surface area (Å²) < 4.78 is 5.54. The van der Waals surface area contributed by atoms with E-state index in [9.17, 15) is 19.5 Å². The van der Waals surface area contributed by atoms with Crippen molar-refractivity contribution in [1.82, 2.24) is 15.2 Å². The number of hydrogen-bond acceptors (Lipinski definition) is 4. The van der Waals surface area contributed by atoms with Crippen LogP contribution >= 0.6 is 0 Å². The second-order valence-electron chi connectivity index (χ2n) is 9.12. The predicted molar refractivity (Wildman–Crippen MR) is 138 cm³/mol. The van der Waals surface area contributed by atoms with E-state index in [4.69, 9.17) is 4.74 Å². The van der Waals surface area contributed by atoms with Gasteiger partial charge < -0.3 is 20.1 Å². The van der Waals surface area contributed by atoms with Gasteiger partial charge in [0.25, 0.3) is 0 Å². The Morgan fingerprint density at radius 1 is 0.973 bits per heavy atom. The fraction of sp³-hybridized carbons (Fsp3) is 0.207. The van der Waals surface area contributed by atoms with Gasteiger partial charge in [0, 0.05) is 29.9 Å². The third-order valence-corrected chi connectivity index (χ3v) is 6.70. The maximum atomic E-state index is 13.5. The van der Waals surface area contributed by atoms with Gasteiger partial charge in [-0.3, -0.25) is 9.69 Å². The maximum absolute atomic E-state index is 13.5. The Labute approximate surface area is 213 Å². The average Bonchev–Trinajstić information content (AvgIpc) is 3.33. The Balaban J connectivity index is 1.35. The van der Waals surface area contributed by atoms with E-state index < -0.39 is 30.1 Å². The van der Waals surface area contributed by atoms with Crippen LogP contribution in [0.5, 0.6) is 0 Å². The summed E-state index contributed by atoms with van der Waals surface area (Å²) in [6.45, 7) is 0.270. The van der Waals surface area contributed by atoms with E-state index in [-0.39, 0.29) is 26.0 Å². The molecule has 3 aromatic carbocycles. The topological polar surface area (TPSA) is 112 Å². The smallest absolute Gasteiger partial charge is 0.411 e. The first-order valence-corrected chi connectivity index (χ1v) is 12.1. The largest absolute Gasteiger partial charge is 0.480 e. The number of carbonyl (C=O) groups is 3. The number of aromatic nitrogens is 1. The van der Waals surface area contributed by atoms with Gasteiger partial charge >= 0.3 is 12.1 Å². The number of amides is 2. The second-order valence-corrected chi connectivity index (χ2v) is 9.12. The lowest BCUT2D eigenvalue weighted by molar-refractivity contribution is -0.142. The van der Waals surface area contributed by atoms with E-state index >= 15 is 0 Å². The minimum atomic E-state index is -1.16. The third-order valence-electron chi connectivity index (χ3n) is 6.70. The highest BCUT2D eigenvalue weighted by Gasteiger charge is 2.37. The molecule has 0 unspecified atom stereocenters. The molecule has 0 spiro atoms. The van der Waals surface area contributed by atoms with Crippen molar-refractivity contribution in [1.29, 1.82) is 0 Å². The van der Waals surface area contributed by atoms with Crippen LogP contribution in [-0.4, -0.2) is 45.0 Å². The van der Waals surface area contributed by atoms with E-state index in [1.54, 1.807) is 6.20 Å². The van der Waals surface area contributed by atoms with Crippen LogP contribution in [0, 0.1) is 0 Å². The van der Waals surface area contributed by atoms with Gasteiger partial charge in [-0.05, 0) is 28.3 Å². The lowest BCUT2D eigenvalue weighted by Crippen LogP contribution is -2.56. The molecule has 1 aliphatic heterocycles. The summed E-state index contributed by atoms with van der Waals surface area (Å²) in [6.07, 6.45) is 1.51. The maximum Gasteiger partial charge on any atom is 0.411 e. The summed E-state index contributed by atoms with van der Waals surface area (Å²) in [7, 11) is 0. The number of para-hydroxylation sites is 1. The fourth-order valence-electron chi connectivity index (χ4n) is 4.74. The molecule has 188 valence electrons. The fourth-order valence-corrected chi connectivity index (χ4v) is 4.74. The van der Waals surface area contributed by atoms with E-state index in [0.29, 0.717) is 0 Å². The van der Waals surface area contributed by atoms with Crippen molar-refractivity contribution in [3.8, 4) is 0 Å². The number of H-pyrrole nitrogens is 1. The van der Waals surface area contributed by atoms with Gasteiger partial charge in [0.15, 0.2) is 0 Å². The highest BCUT2D eigenvalue weighted by molar-refractivity contribution is 5.91. The molecule has 1 aromatic heterocycles. The molecule has 0 aliphatic carbocycles. The minimum absolute atomic E-state index is 0.0739. The van der Waals surface area contributed by atoms with E-state index in [1.165, 1.54) is 4.90 Å². The van der Waals surface area contributed by atoms with Gasteiger partial charge in [-0.15, -0.1) is 0 Å². The Morgan fingerprint density at radius 2 is 1.68 bits per heavy atom. The first-order chi connectivity index (χ1) is 18.0. The van der Waals surface area contributed by atoms with Crippen LogP contribution in [0.25, 0.3) is 10.9 Å². The first kappa shape index (κ1) is 24.1. The molecule has 0 bridgehead atoms. The third kappa shape index (κ3) is 5.33. The molecule has 0 fully saturated rings. The zero-order valence-corrected chi connectivity index (χ0v) is 20.1. The van der Waals surface area contributed by atoms with Crippen LogP contribution in [0.1, 0.15) is 22.3 Å². The van der Waals surface area contributed by atoms with Crippen LogP contribution in [-0.2, 0) is 40.3 Å². The van der Waals surface area contributed by atoms with Crippen LogP contribution in [0.2, 0.25) is 0 Å². The molecule has 3 N–H and O–H groups in total. The van der Waals surface area contributed by atoms with Crippen LogP contribution < -0.4 is 5.32 Å². The number of carboxylic acids is 1. The molecule has 2 heterocycles. The number of ether oxygens (including phenoxy) is 1. The number of nitrogens with zero attached hydrogens (tertiary/aromatic N) is 1. The molecule has 37 heavy (non-hydrogen) atoms. The average molecular weight is 498 g/mol. The SMILES string of the molecule is O=C(O)[C@H](Cc1c[nH]c2ccccc12)NC(=O)[C@@H]1Cc2ccccc2CN1C(=O)OCc1ccccc1. The van der Waals surface area contributed by atoms with Gasteiger partial charge in [-0.2, -0.15) is 0 Å². The van der Waals surface area contributed by atoms with Crippen molar-refractivity contribution < 1.29 is 24.2 Å². The zero-order valence-electron chi connectivity index (χ0n) is 20.1. The van der Waals surface area contributed by atoms with Crippen LogP contribution in [0.4, 0.5) is 4.79 Å². The Hall–Kier alpha value is -4.59. The molecule has 0 saturated carbocycles. The van der Waals surface area contributed by atoms with Crippen molar-refractivity contribution in [3.05, 3.63) is 107 Å². The van der Waals surface area contributed by atoms with Crippen LogP contribution in [0.15, 0.2) is 85.1 Å². The summed E-state index contributed by atoms with van der Waals surface area (Å²) in [4.78, 5) is 43.2. The van der Waals surface area contributed by atoms with Gasteiger partial charge in [0.05, 0.1) is 6.54 Å². The summed E-state index contributed by atoms with van der Waals surface area (Å²) in [5.74, 6) is -1.67. The van der Waals surface area contributed by atoms with Crippen molar-refractivity contribution in [2.24, 2.45) is 0 Å². The molecule has 0 saturated heterocycles. The number of hydrogen-bond donors (Lipinski definition) is 3. The molecule has 0 radical (unpaired) electrons. The van der Waals surface area contributed by atoms with Gasteiger partial charge in [0.2, 0.25) is 5.91 Å². The highest BCUT2D eigenvalue weighted by Crippen LogP contribution is 2.25. The Morgan fingerprint density at radius 3 is 2.46 bits per heavy atom. The van der Waals surface area contributed by atoms with Crippen molar-refractivity contribution >= 4 is 28.9 Å². The number of benzene rings is 3. The monoisotopic (exact) mass is 497 g/mol. The molecule has 1 aliphatic rings.